The average molecular weight is 118 g/mol. The largest absolute Gasteiger partial charge is 0.369 e. The SMILES string of the molecule is NC(=O)CC[N+](=O)[O-]. The Bertz CT molecular complexity index is 97.1. The molecule has 0 saturated carbocycles. The summed E-state index contributed by atoms with van der Waals surface area (Å²) in [6.07, 6.45) is -0.174. The summed E-state index contributed by atoms with van der Waals surface area (Å²) < 4.78 is 0. The molecule has 0 aliphatic rings. The van der Waals surface area contributed by atoms with E-state index in [9.17, 15) is 14.9 Å². The molecule has 2 N–H and O–H groups in total. The van der Waals surface area contributed by atoms with Crippen LogP contribution >= 0.6 is 0 Å². The van der Waals surface area contributed by atoms with Crippen LogP contribution in [0.4, 0.5) is 0 Å². The molecular formula is C3H6N2O3. The fourth-order valence-corrected chi connectivity index (χ4v) is 0.201. The van der Waals surface area contributed by atoms with Crippen molar-refractivity contribution in [2.75, 3.05) is 6.54 Å². The Hall–Kier alpha value is -1.13. The summed E-state index contributed by atoms with van der Waals surface area (Å²) in [5, 5.41) is 9.50. The molecular weight excluding hydrogens is 112 g/mol. The van der Waals surface area contributed by atoms with Crippen LogP contribution in [0, 0.1) is 10.1 Å². The van der Waals surface area contributed by atoms with Crippen molar-refractivity contribution in [3.63, 3.8) is 0 Å². The van der Waals surface area contributed by atoms with E-state index >= 15 is 0 Å². The van der Waals surface area contributed by atoms with Crippen molar-refractivity contribution in [1.82, 2.24) is 0 Å². The first-order valence-electron chi connectivity index (χ1n) is 2.03. The van der Waals surface area contributed by atoms with Gasteiger partial charge in [-0.1, -0.05) is 0 Å². The summed E-state index contributed by atoms with van der Waals surface area (Å²) in [6.45, 7) is -0.366. The highest BCUT2D eigenvalue weighted by molar-refractivity contribution is 5.73. The number of hydrogen-bond acceptors (Lipinski definition) is 3. The van der Waals surface area contributed by atoms with Gasteiger partial charge in [0.15, 0.2) is 0 Å². The quantitative estimate of drug-likeness (QED) is 0.386. The van der Waals surface area contributed by atoms with Crippen molar-refractivity contribution in [2.45, 2.75) is 6.42 Å². The van der Waals surface area contributed by atoms with E-state index in [2.05, 4.69) is 5.73 Å². The maximum absolute atomic E-state index is 9.82. The Labute approximate surface area is 45.6 Å². The predicted octanol–water partition coefficient (Wildman–Crippen LogP) is -0.861. The van der Waals surface area contributed by atoms with E-state index in [0.717, 1.165) is 0 Å². The normalized spacial score (nSPS) is 8.50. The van der Waals surface area contributed by atoms with Crippen molar-refractivity contribution in [3.8, 4) is 0 Å². The topological polar surface area (TPSA) is 86.2 Å². The highest BCUT2D eigenvalue weighted by Gasteiger charge is 1.99. The molecule has 0 fully saturated rings. The molecule has 0 spiro atoms. The number of nitrogens with zero attached hydrogens (tertiary/aromatic N) is 1. The maximum Gasteiger partial charge on any atom is 0.224 e. The van der Waals surface area contributed by atoms with Crippen LogP contribution in [-0.2, 0) is 4.79 Å². The molecule has 1 amide bonds. The van der Waals surface area contributed by atoms with Gasteiger partial charge < -0.3 is 5.73 Å². The summed E-state index contributed by atoms with van der Waals surface area (Å²) in [4.78, 5) is 18.7. The predicted molar refractivity (Wildman–Crippen MR) is 25.7 cm³/mol. The summed E-state index contributed by atoms with van der Waals surface area (Å²) in [5.41, 5.74) is 4.60. The average Bonchev–Trinajstić information content (AvgIpc) is 1.61. The zero-order chi connectivity index (χ0) is 6.57. The van der Waals surface area contributed by atoms with Crippen LogP contribution < -0.4 is 5.73 Å². The third-order valence-corrected chi connectivity index (χ3v) is 0.541. The molecule has 0 aromatic rings. The van der Waals surface area contributed by atoms with Crippen molar-refractivity contribution >= 4 is 5.91 Å². The van der Waals surface area contributed by atoms with Gasteiger partial charge in [-0.05, 0) is 0 Å². The Morgan fingerprint density at radius 3 is 2.38 bits per heavy atom. The van der Waals surface area contributed by atoms with Crippen LogP contribution in [-0.4, -0.2) is 17.4 Å². The minimum Gasteiger partial charge on any atom is -0.369 e. The van der Waals surface area contributed by atoms with E-state index in [-0.39, 0.29) is 13.0 Å². The second-order valence-corrected chi connectivity index (χ2v) is 1.27. The lowest BCUT2D eigenvalue weighted by Gasteiger charge is -1.85. The molecule has 0 bridgehead atoms. The minimum atomic E-state index is -0.637. The molecule has 8 heavy (non-hydrogen) atoms. The molecule has 5 nitrogen and oxygen atoms in total. The highest BCUT2D eigenvalue weighted by atomic mass is 16.6. The van der Waals surface area contributed by atoms with Crippen LogP contribution in [0.1, 0.15) is 6.42 Å². The number of nitrogens with two attached hydrogens (primary N) is 1. The maximum atomic E-state index is 9.82. The molecule has 0 unspecified atom stereocenters. The number of nitro groups is 1. The van der Waals surface area contributed by atoms with E-state index in [4.69, 9.17) is 0 Å². The smallest absolute Gasteiger partial charge is 0.224 e. The van der Waals surface area contributed by atoms with Crippen LogP contribution in [0.3, 0.4) is 0 Å². The van der Waals surface area contributed by atoms with Gasteiger partial charge in [-0.3, -0.25) is 14.9 Å². The molecule has 46 valence electrons. The van der Waals surface area contributed by atoms with Crippen LogP contribution in [0.5, 0.6) is 0 Å². The summed E-state index contributed by atoms with van der Waals surface area (Å²) in [5.74, 6) is -0.637. The Morgan fingerprint density at radius 1 is 1.75 bits per heavy atom. The van der Waals surface area contributed by atoms with Gasteiger partial charge in [0.2, 0.25) is 12.5 Å². The fraction of sp³-hybridized carbons (Fsp3) is 0.667. The molecule has 0 aromatic heterocycles. The van der Waals surface area contributed by atoms with Crippen molar-refractivity contribution < 1.29 is 9.72 Å². The lowest BCUT2D eigenvalue weighted by Crippen LogP contribution is -2.15. The molecule has 0 aliphatic carbocycles. The van der Waals surface area contributed by atoms with E-state index < -0.39 is 10.8 Å². The summed E-state index contributed by atoms with van der Waals surface area (Å²) in [6, 6.07) is 0. The van der Waals surface area contributed by atoms with Crippen molar-refractivity contribution in [3.05, 3.63) is 10.1 Å². The molecule has 0 heterocycles. The number of carbonyl (C=O) groups excluding carboxylic acids is 1. The Morgan fingerprint density at radius 2 is 2.25 bits per heavy atom. The molecule has 0 saturated heterocycles. The number of hydrogen-bond donors (Lipinski definition) is 1. The molecule has 0 rings (SSSR count). The first-order chi connectivity index (χ1) is 3.63. The number of carbonyl (C=O) groups is 1. The lowest BCUT2D eigenvalue weighted by molar-refractivity contribution is -0.478. The van der Waals surface area contributed by atoms with E-state index in [1.807, 2.05) is 0 Å². The van der Waals surface area contributed by atoms with Gasteiger partial charge >= 0.3 is 0 Å². The molecule has 0 aliphatic heterocycles. The highest BCUT2D eigenvalue weighted by Crippen LogP contribution is 1.75. The Kier molecular flexibility index (Phi) is 2.53. The second kappa shape index (κ2) is 2.95. The molecule has 0 atom stereocenters. The monoisotopic (exact) mass is 118 g/mol. The van der Waals surface area contributed by atoms with Gasteiger partial charge in [-0.25, -0.2) is 0 Å². The minimum absolute atomic E-state index is 0.174. The Balaban J connectivity index is 3.18. The second-order valence-electron chi connectivity index (χ2n) is 1.27. The first-order valence-corrected chi connectivity index (χ1v) is 2.03. The van der Waals surface area contributed by atoms with E-state index in [1.54, 1.807) is 0 Å². The van der Waals surface area contributed by atoms with Crippen LogP contribution in [0.15, 0.2) is 0 Å². The van der Waals surface area contributed by atoms with E-state index in [1.165, 1.54) is 0 Å². The molecule has 5 heteroatoms. The van der Waals surface area contributed by atoms with Gasteiger partial charge in [-0.2, -0.15) is 0 Å². The fourth-order valence-electron chi connectivity index (χ4n) is 0.201. The van der Waals surface area contributed by atoms with Gasteiger partial charge in [0.1, 0.15) is 0 Å². The van der Waals surface area contributed by atoms with Crippen molar-refractivity contribution in [1.29, 1.82) is 0 Å². The van der Waals surface area contributed by atoms with Crippen LogP contribution in [0.2, 0.25) is 0 Å². The number of rotatable bonds is 3. The zero-order valence-electron chi connectivity index (χ0n) is 4.16. The van der Waals surface area contributed by atoms with E-state index in [0.29, 0.717) is 0 Å². The third kappa shape index (κ3) is 4.87. The van der Waals surface area contributed by atoms with Crippen LogP contribution in [0.25, 0.3) is 0 Å². The zero-order valence-corrected chi connectivity index (χ0v) is 4.16. The first kappa shape index (κ1) is 6.87. The van der Waals surface area contributed by atoms with Gasteiger partial charge in [0.25, 0.3) is 0 Å². The van der Waals surface area contributed by atoms with Gasteiger partial charge in [0.05, 0.1) is 6.42 Å². The molecule has 0 aromatic carbocycles. The lowest BCUT2D eigenvalue weighted by atomic mass is 10.4. The number of primary amides is 1. The third-order valence-electron chi connectivity index (χ3n) is 0.541. The van der Waals surface area contributed by atoms with Crippen molar-refractivity contribution in [2.24, 2.45) is 5.73 Å². The number of amides is 1. The standard InChI is InChI=1S/C3H6N2O3/c4-3(6)1-2-5(7)8/h1-2H2,(H2,4,6). The van der Waals surface area contributed by atoms with Gasteiger partial charge in [-0.15, -0.1) is 0 Å². The molecule has 0 radical (unpaired) electrons. The summed E-state index contributed by atoms with van der Waals surface area (Å²) in [7, 11) is 0. The summed E-state index contributed by atoms with van der Waals surface area (Å²) >= 11 is 0. The van der Waals surface area contributed by atoms with Gasteiger partial charge in [0, 0.05) is 4.92 Å².